The summed E-state index contributed by atoms with van der Waals surface area (Å²) in [6.07, 6.45) is 2.66. The van der Waals surface area contributed by atoms with Crippen LogP contribution in [0.25, 0.3) is 0 Å². The van der Waals surface area contributed by atoms with Crippen molar-refractivity contribution in [3.8, 4) is 0 Å². The van der Waals surface area contributed by atoms with Crippen LogP contribution in [0.3, 0.4) is 0 Å². The van der Waals surface area contributed by atoms with Gasteiger partial charge < -0.3 is 10.5 Å². The lowest BCUT2D eigenvalue weighted by molar-refractivity contribution is -0.122. The van der Waals surface area contributed by atoms with Gasteiger partial charge in [0.2, 0.25) is 0 Å². The van der Waals surface area contributed by atoms with E-state index in [0.717, 1.165) is 26.1 Å². The average molecular weight is 199 g/mol. The highest BCUT2D eigenvalue weighted by Crippen LogP contribution is 2.20. The predicted molar refractivity (Wildman–Crippen MR) is 56.0 cm³/mol. The van der Waals surface area contributed by atoms with Gasteiger partial charge in [0.1, 0.15) is 5.78 Å². The number of nitrogens with two attached hydrogens (primary N) is 1. The molecule has 1 atom stereocenters. The first-order chi connectivity index (χ1) is 6.61. The molecule has 1 aliphatic heterocycles. The summed E-state index contributed by atoms with van der Waals surface area (Å²) in [6, 6.07) is -0.280. The van der Waals surface area contributed by atoms with E-state index in [2.05, 4.69) is 0 Å². The van der Waals surface area contributed by atoms with Crippen LogP contribution in [0.1, 0.15) is 33.1 Å². The van der Waals surface area contributed by atoms with Crippen molar-refractivity contribution in [3.05, 3.63) is 0 Å². The number of Topliss-reactive ketones (excluding diaryl/α,β-unsaturated/α-hetero) is 1. The zero-order valence-corrected chi connectivity index (χ0v) is 9.16. The third kappa shape index (κ3) is 3.39. The monoisotopic (exact) mass is 199 g/mol. The minimum Gasteiger partial charge on any atom is -0.381 e. The molecule has 82 valence electrons. The molecule has 1 fully saturated rings. The van der Waals surface area contributed by atoms with Gasteiger partial charge in [-0.05, 0) is 24.7 Å². The second-order valence-electron chi connectivity index (χ2n) is 4.50. The number of hydrogen-bond donors (Lipinski definition) is 1. The van der Waals surface area contributed by atoms with Gasteiger partial charge >= 0.3 is 0 Å². The van der Waals surface area contributed by atoms with Crippen LogP contribution < -0.4 is 5.73 Å². The number of rotatable bonds is 4. The maximum atomic E-state index is 11.7. The van der Waals surface area contributed by atoms with Crippen LogP contribution in [0.5, 0.6) is 0 Å². The zero-order valence-electron chi connectivity index (χ0n) is 9.16. The summed E-state index contributed by atoms with van der Waals surface area (Å²) in [5.74, 6) is 0.968. The summed E-state index contributed by atoms with van der Waals surface area (Å²) < 4.78 is 5.25. The maximum absolute atomic E-state index is 11.7. The molecule has 0 aromatic rings. The van der Waals surface area contributed by atoms with Gasteiger partial charge in [0.05, 0.1) is 6.04 Å². The normalized spacial score (nSPS) is 21.1. The van der Waals surface area contributed by atoms with Gasteiger partial charge in [-0.2, -0.15) is 0 Å². The lowest BCUT2D eigenvalue weighted by atomic mass is 9.89. The molecule has 14 heavy (non-hydrogen) atoms. The second-order valence-corrected chi connectivity index (χ2v) is 4.50. The van der Waals surface area contributed by atoms with E-state index in [9.17, 15) is 4.79 Å². The number of ketones is 1. The Hall–Kier alpha value is -0.410. The Balaban J connectivity index is 2.31. The number of hydrogen-bond acceptors (Lipinski definition) is 3. The van der Waals surface area contributed by atoms with Gasteiger partial charge in [0, 0.05) is 19.6 Å². The lowest BCUT2D eigenvalue weighted by Crippen LogP contribution is -2.37. The van der Waals surface area contributed by atoms with Crippen LogP contribution in [0, 0.1) is 11.8 Å². The Morgan fingerprint density at radius 2 is 2.00 bits per heavy atom. The lowest BCUT2D eigenvalue weighted by Gasteiger charge is -2.23. The molecule has 0 aromatic heterocycles. The van der Waals surface area contributed by atoms with Crippen molar-refractivity contribution in [2.24, 2.45) is 17.6 Å². The predicted octanol–water partition coefficient (Wildman–Crippen LogP) is 1.36. The molecule has 2 N–H and O–H groups in total. The Labute approximate surface area is 86.0 Å². The van der Waals surface area contributed by atoms with E-state index in [0.29, 0.717) is 12.3 Å². The highest BCUT2D eigenvalue weighted by Gasteiger charge is 2.22. The summed E-state index contributed by atoms with van der Waals surface area (Å²) in [5.41, 5.74) is 5.80. The third-order valence-electron chi connectivity index (χ3n) is 2.92. The van der Waals surface area contributed by atoms with Gasteiger partial charge in [-0.3, -0.25) is 4.79 Å². The van der Waals surface area contributed by atoms with Gasteiger partial charge in [0.15, 0.2) is 0 Å². The number of carbonyl (C=O) groups is 1. The minimum atomic E-state index is -0.280. The molecule has 0 radical (unpaired) electrons. The summed E-state index contributed by atoms with van der Waals surface area (Å²) >= 11 is 0. The van der Waals surface area contributed by atoms with Crippen LogP contribution in [-0.4, -0.2) is 25.0 Å². The number of carbonyl (C=O) groups excluding carboxylic acids is 1. The van der Waals surface area contributed by atoms with Crippen molar-refractivity contribution >= 4 is 5.78 Å². The van der Waals surface area contributed by atoms with Crippen molar-refractivity contribution in [2.45, 2.75) is 39.2 Å². The molecule has 0 bridgehead atoms. The maximum Gasteiger partial charge on any atom is 0.150 e. The minimum absolute atomic E-state index is 0.215. The highest BCUT2D eigenvalue weighted by molar-refractivity contribution is 5.84. The molecular formula is C11H21NO2. The summed E-state index contributed by atoms with van der Waals surface area (Å²) in [4.78, 5) is 11.7. The first-order valence-electron chi connectivity index (χ1n) is 5.47. The van der Waals surface area contributed by atoms with Crippen LogP contribution in [0.4, 0.5) is 0 Å². The molecule has 3 heteroatoms. The molecule has 1 aliphatic rings. The van der Waals surface area contributed by atoms with Crippen LogP contribution >= 0.6 is 0 Å². The first kappa shape index (κ1) is 11.7. The molecule has 0 aliphatic carbocycles. The van der Waals surface area contributed by atoms with Gasteiger partial charge in [-0.25, -0.2) is 0 Å². The SMILES string of the molecule is CC(C)C(N)C(=O)CC1CCOCC1. The summed E-state index contributed by atoms with van der Waals surface area (Å²) in [6.45, 7) is 5.59. The van der Waals surface area contributed by atoms with Gasteiger partial charge in [-0.1, -0.05) is 13.8 Å². The second kappa shape index (κ2) is 5.47. The zero-order chi connectivity index (χ0) is 10.6. The van der Waals surface area contributed by atoms with E-state index >= 15 is 0 Å². The Morgan fingerprint density at radius 1 is 1.43 bits per heavy atom. The van der Waals surface area contributed by atoms with E-state index in [4.69, 9.17) is 10.5 Å². The van der Waals surface area contributed by atoms with E-state index in [1.54, 1.807) is 0 Å². The summed E-state index contributed by atoms with van der Waals surface area (Å²) in [7, 11) is 0. The molecule has 1 heterocycles. The molecule has 0 aromatic carbocycles. The van der Waals surface area contributed by atoms with Crippen molar-refractivity contribution in [1.82, 2.24) is 0 Å². The van der Waals surface area contributed by atoms with E-state index in [1.165, 1.54) is 0 Å². The van der Waals surface area contributed by atoms with Crippen molar-refractivity contribution in [2.75, 3.05) is 13.2 Å². The molecule has 1 rings (SSSR count). The van der Waals surface area contributed by atoms with Crippen molar-refractivity contribution in [1.29, 1.82) is 0 Å². The Kier molecular flexibility index (Phi) is 4.55. The van der Waals surface area contributed by atoms with Crippen LogP contribution in [0.15, 0.2) is 0 Å². The third-order valence-corrected chi connectivity index (χ3v) is 2.92. The fraction of sp³-hybridized carbons (Fsp3) is 0.909. The molecule has 3 nitrogen and oxygen atoms in total. The number of ether oxygens (including phenoxy) is 1. The van der Waals surface area contributed by atoms with Crippen molar-refractivity contribution < 1.29 is 9.53 Å². The fourth-order valence-corrected chi connectivity index (χ4v) is 1.74. The molecule has 0 spiro atoms. The standard InChI is InChI=1S/C11H21NO2/c1-8(2)11(12)10(13)7-9-3-5-14-6-4-9/h8-9,11H,3-7,12H2,1-2H3. The summed E-state index contributed by atoms with van der Waals surface area (Å²) in [5, 5.41) is 0. The molecule has 1 saturated heterocycles. The van der Waals surface area contributed by atoms with E-state index in [1.807, 2.05) is 13.8 Å². The smallest absolute Gasteiger partial charge is 0.150 e. The molecule has 0 amide bonds. The fourth-order valence-electron chi connectivity index (χ4n) is 1.74. The van der Waals surface area contributed by atoms with E-state index < -0.39 is 0 Å². The Bertz CT molecular complexity index is 186. The average Bonchev–Trinajstić information content (AvgIpc) is 2.18. The largest absolute Gasteiger partial charge is 0.381 e. The quantitative estimate of drug-likeness (QED) is 0.743. The van der Waals surface area contributed by atoms with Crippen LogP contribution in [-0.2, 0) is 9.53 Å². The topological polar surface area (TPSA) is 52.3 Å². The van der Waals surface area contributed by atoms with Gasteiger partial charge in [-0.15, -0.1) is 0 Å². The molecule has 1 unspecified atom stereocenters. The molecule has 0 saturated carbocycles. The van der Waals surface area contributed by atoms with Gasteiger partial charge in [0.25, 0.3) is 0 Å². The first-order valence-corrected chi connectivity index (χ1v) is 5.47. The highest BCUT2D eigenvalue weighted by atomic mass is 16.5. The molecular weight excluding hydrogens is 178 g/mol. The van der Waals surface area contributed by atoms with Crippen LogP contribution in [0.2, 0.25) is 0 Å². The Morgan fingerprint density at radius 3 is 2.50 bits per heavy atom. The van der Waals surface area contributed by atoms with E-state index in [-0.39, 0.29) is 17.7 Å². The van der Waals surface area contributed by atoms with Crippen molar-refractivity contribution in [3.63, 3.8) is 0 Å².